The highest BCUT2D eigenvalue weighted by molar-refractivity contribution is 7.14. The molecular weight excluding hydrogens is 380 g/mol. The van der Waals surface area contributed by atoms with Crippen LogP contribution < -0.4 is 5.32 Å². The lowest BCUT2D eigenvalue weighted by Crippen LogP contribution is -2.40. The number of thiophene rings is 1. The molecule has 3 N–H and O–H groups in total. The number of carbonyl (C=O) groups is 2. The van der Waals surface area contributed by atoms with Crippen molar-refractivity contribution in [3.05, 3.63) is 39.5 Å². The van der Waals surface area contributed by atoms with Crippen LogP contribution in [0.5, 0.6) is 0 Å². The zero-order valence-corrected chi connectivity index (χ0v) is 16.4. The van der Waals surface area contributed by atoms with E-state index in [0.29, 0.717) is 4.88 Å². The van der Waals surface area contributed by atoms with E-state index >= 15 is 0 Å². The number of fused-ring (bicyclic) bond motifs is 1. The molecule has 9 heteroatoms. The average molecular weight is 402 g/mol. The number of β-amino-alcohol motifs (C(OH)–C–C–N with tert-alkyl or cyclic N) is 1. The van der Waals surface area contributed by atoms with E-state index in [-0.39, 0.29) is 30.7 Å². The van der Waals surface area contributed by atoms with E-state index in [0.717, 1.165) is 28.6 Å². The lowest BCUT2D eigenvalue weighted by atomic mass is 9.89. The fraction of sp³-hybridized carbons (Fsp3) is 0.474. The van der Waals surface area contributed by atoms with Crippen molar-refractivity contribution in [1.82, 2.24) is 14.9 Å². The number of hydrogen-bond donors (Lipinski definition) is 3. The molecule has 0 saturated carbocycles. The largest absolute Gasteiger partial charge is 0.480 e. The van der Waals surface area contributed by atoms with Crippen LogP contribution in [0.15, 0.2) is 18.3 Å². The number of nitrogens with one attached hydrogen (secondary N) is 1. The Morgan fingerprint density at radius 1 is 1.39 bits per heavy atom. The lowest BCUT2D eigenvalue weighted by Gasteiger charge is -2.20. The van der Waals surface area contributed by atoms with Crippen LogP contribution in [0.25, 0.3) is 0 Å². The number of carboxylic acids is 1. The van der Waals surface area contributed by atoms with Crippen LogP contribution >= 0.6 is 11.3 Å². The van der Waals surface area contributed by atoms with Crippen molar-refractivity contribution in [3.63, 3.8) is 0 Å². The molecule has 2 aromatic heterocycles. The summed E-state index contributed by atoms with van der Waals surface area (Å²) in [6.07, 6.45) is 1.13. The zero-order valence-electron chi connectivity index (χ0n) is 15.6. The second-order valence-corrected chi connectivity index (χ2v) is 8.52. The molecular formula is C19H22N4O4S. The Morgan fingerprint density at radius 2 is 2.18 bits per heavy atom. The van der Waals surface area contributed by atoms with Gasteiger partial charge in [-0.1, -0.05) is 6.92 Å². The van der Waals surface area contributed by atoms with Gasteiger partial charge in [0.15, 0.2) is 0 Å². The van der Waals surface area contributed by atoms with Crippen LogP contribution in [0, 0.1) is 6.92 Å². The first-order valence-electron chi connectivity index (χ1n) is 9.24. The number of anilines is 1. The van der Waals surface area contributed by atoms with Gasteiger partial charge < -0.3 is 20.4 Å². The Hall–Kier alpha value is -2.52. The number of likely N-dealkylation sites (tertiary alicyclic amines) is 1. The van der Waals surface area contributed by atoms with Gasteiger partial charge >= 0.3 is 5.97 Å². The third-order valence-corrected chi connectivity index (χ3v) is 6.82. The highest BCUT2D eigenvalue weighted by Gasteiger charge is 2.40. The predicted octanol–water partition coefficient (Wildman–Crippen LogP) is 1.82. The molecule has 4 heterocycles. The summed E-state index contributed by atoms with van der Waals surface area (Å²) in [5, 5.41) is 22.4. The average Bonchev–Trinajstić information content (AvgIpc) is 3.37. The molecule has 2 aliphatic heterocycles. The summed E-state index contributed by atoms with van der Waals surface area (Å²) in [5.74, 6) is 0.538. The van der Waals surface area contributed by atoms with Gasteiger partial charge in [-0.25, -0.2) is 14.8 Å². The maximum Gasteiger partial charge on any atom is 0.326 e. The Balaban J connectivity index is 1.53. The molecule has 2 unspecified atom stereocenters. The summed E-state index contributed by atoms with van der Waals surface area (Å²) < 4.78 is 0. The van der Waals surface area contributed by atoms with Crippen molar-refractivity contribution in [2.45, 2.75) is 44.2 Å². The van der Waals surface area contributed by atoms with Crippen LogP contribution in [-0.4, -0.2) is 62.2 Å². The third kappa shape index (κ3) is 3.24. The number of aliphatic hydroxyl groups excluding tert-OH is 1. The normalized spacial score (nSPS) is 24.7. The van der Waals surface area contributed by atoms with Crippen LogP contribution in [0.4, 0.5) is 5.82 Å². The third-order valence-electron chi connectivity index (χ3n) is 5.54. The van der Waals surface area contributed by atoms with Gasteiger partial charge in [-0.15, -0.1) is 11.3 Å². The fourth-order valence-electron chi connectivity index (χ4n) is 3.98. The number of aliphatic carboxylic acids is 1. The van der Waals surface area contributed by atoms with Gasteiger partial charge in [0, 0.05) is 42.1 Å². The number of aromatic nitrogens is 2. The maximum atomic E-state index is 12.8. The summed E-state index contributed by atoms with van der Waals surface area (Å²) in [7, 11) is 0. The first kappa shape index (κ1) is 18.8. The molecule has 0 aromatic carbocycles. The number of carboxylic acid groups (broad SMARTS) is 1. The van der Waals surface area contributed by atoms with E-state index in [2.05, 4.69) is 22.2 Å². The van der Waals surface area contributed by atoms with Crippen molar-refractivity contribution >= 4 is 29.0 Å². The van der Waals surface area contributed by atoms with Crippen LogP contribution in [0.2, 0.25) is 0 Å². The van der Waals surface area contributed by atoms with E-state index in [9.17, 15) is 19.8 Å². The van der Waals surface area contributed by atoms with E-state index in [1.165, 1.54) is 16.2 Å². The number of carbonyl (C=O) groups excluding carboxylic acids is 1. The first-order valence-corrected chi connectivity index (χ1v) is 10.1. The standard InChI is InChI=1S/C19H22N4O4S/c1-9(12-6-21-17-13(12)7-20-10(2)22-17)15-3-4-16(28-15)18(25)23-8-11(24)5-14(23)19(26)27/h3-4,7,9,11-12,14,24H,5-6,8H2,1-2H3,(H,26,27)(H,20,21,22)/t9?,11-,12?,14+/m1/s1. The molecule has 1 fully saturated rings. The van der Waals surface area contributed by atoms with Crippen molar-refractivity contribution in [3.8, 4) is 0 Å². The smallest absolute Gasteiger partial charge is 0.326 e. The summed E-state index contributed by atoms with van der Waals surface area (Å²) in [6.45, 7) is 4.78. The molecule has 2 aliphatic rings. The number of amides is 1. The van der Waals surface area contributed by atoms with Crippen LogP contribution in [-0.2, 0) is 4.79 Å². The summed E-state index contributed by atoms with van der Waals surface area (Å²) in [5.41, 5.74) is 1.08. The van der Waals surface area contributed by atoms with E-state index in [1.807, 2.05) is 19.2 Å². The minimum Gasteiger partial charge on any atom is -0.480 e. The maximum absolute atomic E-state index is 12.8. The topological polar surface area (TPSA) is 116 Å². The quantitative estimate of drug-likeness (QED) is 0.714. The molecule has 4 rings (SSSR count). The van der Waals surface area contributed by atoms with Crippen molar-refractivity contribution in [2.75, 3.05) is 18.4 Å². The molecule has 2 aromatic rings. The predicted molar refractivity (Wildman–Crippen MR) is 104 cm³/mol. The van der Waals surface area contributed by atoms with Gasteiger partial charge in [-0.3, -0.25) is 4.79 Å². The Kier molecular flexibility index (Phi) is 4.80. The molecule has 28 heavy (non-hydrogen) atoms. The molecule has 0 aliphatic carbocycles. The lowest BCUT2D eigenvalue weighted by molar-refractivity contribution is -0.141. The number of hydrogen-bond acceptors (Lipinski definition) is 7. The van der Waals surface area contributed by atoms with Crippen LogP contribution in [0.3, 0.4) is 0 Å². The van der Waals surface area contributed by atoms with Gasteiger partial charge in [-0.2, -0.15) is 0 Å². The summed E-state index contributed by atoms with van der Waals surface area (Å²) >= 11 is 1.38. The SMILES string of the molecule is Cc1ncc2c(n1)NCC2C(C)c1ccc(C(=O)N2C[C@H](O)C[C@H]2C(=O)O)s1. The second kappa shape index (κ2) is 7.14. The molecule has 0 radical (unpaired) electrons. The van der Waals surface area contributed by atoms with Crippen LogP contribution in [0.1, 0.15) is 51.1 Å². The number of nitrogens with zero attached hydrogens (tertiary/aromatic N) is 3. The zero-order chi connectivity index (χ0) is 20.0. The molecule has 0 spiro atoms. The van der Waals surface area contributed by atoms with Gasteiger partial charge in [0.25, 0.3) is 5.91 Å². The van der Waals surface area contributed by atoms with E-state index < -0.39 is 18.1 Å². The minimum absolute atomic E-state index is 0.0508. The first-order chi connectivity index (χ1) is 13.3. The Bertz CT molecular complexity index is 930. The molecule has 4 atom stereocenters. The molecule has 1 amide bonds. The number of aryl methyl sites for hydroxylation is 1. The van der Waals surface area contributed by atoms with Gasteiger partial charge in [0.05, 0.1) is 11.0 Å². The highest BCUT2D eigenvalue weighted by atomic mass is 32.1. The van der Waals surface area contributed by atoms with Crippen molar-refractivity contribution in [1.29, 1.82) is 0 Å². The molecule has 1 saturated heterocycles. The summed E-state index contributed by atoms with van der Waals surface area (Å²) in [4.78, 5) is 35.8. The number of aliphatic hydroxyl groups is 1. The fourth-order valence-corrected chi connectivity index (χ4v) is 5.06. The highest BCUT2D eigenvalue weighted by Crippen LogP contribution is 2.41. The Morgan fingerprint density at radius 3 is 2.93 bits per heavy atom. The Labute approximate surface area is 166 Å². The minimum atomic E-state index is -1.08. The molecule has 0 bridgehead atoms. The van der Waals surface area contributed by atoms with Crippen molar-refractivity contribution in [2.24, 2.45) is 0 Å². The van der Waals surface area contributed by atoms with Gasteiger partial charge in [0.2, 0.25) is 0 Å². The summed E-state index contributed by atoms with van der Waals surface area (Å²) in [6, 6.07) is 2.70. The van der Waals surface area contributed by atoms with E-state index in [1.54, 1.807) is 6.07 Å². The molecule has 8 nitrogen and oxygen atoms in total. The molecule has 148 valence electrons. The van der Waals surface area contributed by atoms with Gasteiger partial charge in [0.1, 0.15) is 17.7 Å². The van der Waals surface area contributed by atoms with E-state index in [4.69, 9.17) is 0 Å². The van der Waals surface area contributed by atoms with Gasteiger partial charge in [-0.05, 0) is 25.0 Å². The monoisotopic (exact) mass is 402 g/mol. The second-order valence-electron chi connectivity index (χ2n) is 7.40. The number of rotatable bonds is 4. The van der Waals surface area contributed by atoms with Crippen molar-refractivity contribution < 1.29 is 19.8 Å².